The second-order valence-electron chi connectivity index (χ2n) is 3.59. The second kappa shape index (κ2) is 6.51. The Kier molecular flexibility index (Phi) is 6.53. The Morgan fingerprint density at radius 2 is 1.86 bits per heavy atom. The molecule has 0 bridgehead atoms. The molecule has 0 aromatic heterocycles. The van der Waals surface area contributed by atoms with E-state index in [2.05, 4.69) is 5.32 Å². The van der Waals surface area contributed by atoms with Crippen LogP contribution < -0.4 is 5.32 Å². The predicted octanol–water partition coefficient (Wildman–Crippen LogP) is 3.32. The van der Waals surface area contributed by atoms with Crippen LogP contribution in [-0.4, -0.2) is 24.1 Å². The fourth-order valence-corrected chi connectivity index (χ4v) is 1.48. The van der Waals surface area contributed by atoms with Crippen molar-refractivity contribution in [3.63, 3.8) is 0 Å². The molecule has 0 aliphatic carbocycles. The van der Waals surface area contributed by atoms with Crippen LogP contribution in [0, 0.1) is 0 Å². The molecule has 0 saturated heterocycles. The zero-order chi connectivity index (χ0) is 11.2. The van der Waals surface area contributed by atoms with Gasteiger partial charge in [-0.15, -0.1) is 11.6 Å². The van der Waals surface area contributed by atoms with Crippen molar-refractivity contribution < 1.29 is 13.2 Å². The van der Waals surface area contributed by atoms with Crippen molar-refractivity contribution in [3.05, 3.63) is 0 Å². The van der Waals surface area contributed by atoms with E-state index in [1.807, 2.05) is 13.8 Å². The van der Waals surface area contributed by atoms with E-state index >= 15 is 0 Å². The SMILES string of the molecule is CC(Cl)CC(C)NCCCC(F)(F)F. The van der Waals surface area contributed by atoms with Crippen molar-refractivity contribution in [1.29, 1.82) is 0 Å². The van der Waals surface area contributed by atoms with Crippen LogP contribution in [0.4, 0.5) is 13.2 Å². The van der Waals surface area contributed by atoms with Crippen molar-refractivity contribution in [3.8, 4) is 0 Å². The molecule has 2 atom stereocenters. The number of nitrogens with one attached hydrogen (secondary N) is 1. The fourth-order valence-electron chi connectivity index (χ4n) is 1.21. The fraction of sp³-hybridized carbons (Fsp3) is 1.00. The third-order valence-electron chi connectivity index (χ3n) is 1.81. The highest BCUT2D eigenvalue weighted by atomic mass is 35.5. The molecule has 0 saturated carbocycles. The summed E-state index contributed by atoms with van der Waals surface area (Å²) in [6.45, 7) is 4.19. The Morgan fingerprint density at radius 1 is 1.29 bits per heavy atom. The zero-order valence-electron chi connectivity index (χ0n) is 8.49. The molecule has 0 rings (SSSR count). The summed E-state index contributed by atoms with van der Waals surface area (Å²) in [6.07, 6.45) is -3.86. The van der Waals surface area contributed by atoms with Gasteiger partial charge in [-0.1, -0.05) is 0 Å². The molecule has 0 amide bonds. The van der Waals surface area contributed by atoms with E-state index in [0.29, 0.717) is 6.54 Å². The van der Waals surface area contributed by atoms with E-state index in [1.54, 1.807) is 0 Å². The predicted molar refractivity (Wildman–Crippen MR) is 52.7 cm³/mol. The minimum Gasteiger partial charge on any atom is -0.314 e. The normalized spacial score (nSPS) is 16.7. The highest BCUT2D eigenvalue weighted by Gasteiger charge is 2.25. The third kappa shape index (κ3) is 10.1. The Labute approximate surface area is 88.0 Å². The van der Waals surface area contributed by atoms with Gasteiger partial charge in [-0.3, -0.25) is 0 Å². The van der Waals surface area contributed by atoms with Crippen LogP contribution in [0.2, 0.25) is 0 Å². The average molecular weight is 232 g/mol. The molecule has 1 N–H and O–H groups in total. The second-order valence-corrected chi connectivity index (χ2v) is 4.34. The molecule has 0 radical (unpaired) electrons. The molecule has 0 aliphatic rings. The minimum absolute atomic E-state index is 0.0557. The summed E-state index contributed by atoms with van der Waals surface area (Å²) in [5, 5.41) is 3.06. The van der Waals surface area contributed by atoms with Gasteiger partial charge >= 0.3 is 6.18 Å². The van der Waals surface area contributed by atoms with Gasteiger partial charge < -0.3 is 5.32 Å². The highest BCUT2D eigenvalue weighted by molar-refractivity contribution is 6.20. The van der Waals surface area contributed by atoms with E-state index in [1.165, 1.54) is 0 Å². The largest absolute Gasteiger partial charge is 0.389 e. The van der Waals surface area contributed by atoms with Gasteiger partial charge in [0.2, 0.25) is 0 Å². The number of hydrogen-bond acceptors (Lipinski definition) is 1. The Hall–Kier alpha value is 0.0400. The summed E-state index contributed by atoms with van der Waals surface area (Å²) in [5.74, 6) is 0. The van der Waals surface area contributed by atoms with Gasteiger partial charge in [0.1, 0.15) is 0 Å². The van der Waals surface area contributed by atoms with Gasteiger partial charge in [0.05, 0.1) is 0 Å². The monoisotopic (exact) mass is 231 g/mol. The maximum Gasteiger partial charge on any atom is 0.389 e. The van der Waals surface area contributed by atoms with Crippen LogP contribution >= 0.6 is 11.6 Å². The molecule has 1 nitrogen and oxygen atoms in total. The maximum atomic E-state index is 11.7. The highest BCUT2D eigenvalue weighted by Crippen LogP contribution is 2.20. The Balaban J connectivity index is 3.36. The first-order chi connectivity index (χ1) is 6.31. The van der Waals surface area contributed by atoms with E-state index < -0.39 is 12.6 Å². The lowest BCUT2D eigenvalue weighted by atomic mass is 10.2. The smallest absolute Gasteiger partial charge is 0.314 e. The van der Waals surface area contributed by atoms with Crippen molar-refractivity contribution in [2.45, 2.75) is 50.7 Å². The molecular weight excluding hydrogens is 215 g/mol. The number of halogens is 4. The number of rotatable bonds is 6. The van der Waals surface area contributed by atoms with Gasteiger partial charge in [0, 0.05) is 17.8 Å². The Bertz CT molecular complexity index is 147. The molecule has 2 unspecified atom stereocenters. The minimum atomic E-state index is -4.04. The van der Waals surface area contributed by atoms with Gasteiger partial charge in [0.25, 0.3) is 0 Å². The van der Waals surface area contributed by atoms with Crippen LogP contribution in [0.3, 0.4) is 0 Å². The Morgan fingerprint density at radius 3 is 2.29 bits per heavy atom. The summed E-state index contributed by atoms with van der Waals surface area (Å²) < 4.78 is 35.2. The zero-order valence-corrected chi connectivity index (χ0v) is 9.25. The van der Waals surface area contributed by atoms with Crippen molar-refractivity contribution in [1.82, 2.24) is 5.32 Å². The molecule has 0 aliphatic heterocycles. The molecule has 86 valence electrons. The summed E-state index contributed by atoms with van der Waals surface area (Å²) in [7, 11) is 0. The summed E-state index contributed by atoms with van der Waals surface area (Å²) in [4.78, 5) is 0. The first kappa shape index (κ1) is 14.0. The summed E-state index contributed by atoms with van der Waals surface area (Å²) >= 11 is 5.74. The summed E-state index contributed by atoms with van der Waals surface area (Å²) in [6, 6.07) is 0.177. The lowest BCUT2D eigenvalue weighted by Gasteiger charge is -2.15. The molecule has 0 heterocycles. The van der Waals surface area contributed by atoms with Gasteiger partial charge in [0.15, 0.2) is 0 Å². The quantitative estimate of drug-likeness (QED) is 0.546. The first-order valence-electron chi connectivity index (χ1n) is 4.75. The standard InChI is InChI=1S/C9H17ClF3N/c1-7(10)6-8(2)14-5-3-4-9(11,12)13/h7-8,14H,3-6H2,1-2H3. The van der Waals surface area contributed by atoms with E-state index in [9.17, 15) is 13.2 Å². The molecule has 0 fully saturated rings. The maximum absolute atomic E-state index is 11.7. The summed E-state index contributed by atoms with van der Waals surface area (Å²) in [5.41, 5.74) is 0. The number of hydrogen-bond donors (Lipinski definition) is 1. The van der Waals surface area contributed by atoms with Crippen LogP contribution in [0.25, 0.3) is 0 Å². The third-order valence-corrected chi connectivity index (χ3v) is 1.99. The molecule has 14 heavy (non-hydrogen) atoms. The molecule has 0 aromatic rings. The van der Waals surface area contributed by atoms with Gasteiger partial charge in [-0.2, -0.15) is 13.2 Å². The topological polar surface area (TPSA) is 12.0 Å². The van der Waals surface area contributed by atoms with Crippen LogP contribution in [0.1, 0.15) is 33.1 Å². The van der Waals surface area contributed by atoms with E-state index in [-0.39, 0.29) is 17.8 Å². The molecule has 0 spiro atoms. The van der Waals surface area contributed by atoms with Crippen molar-refractivity contribution in [2.75, 3.05) is 6.54 Å². The van der Waals surface area contributed by atoms with E-state index in [4.69, 9.17) is 11.6 Å². The number of alkyl halides is 4. The van der Waals surface area contributed by atoms with Crippen molar-refractivity contribution in [2.24, 2.45) is 0 Å². The van der Waals surface area contributed by atoms with E-state index in [0.717, 1.165) is 6.42 Å². The van der Waals surface area contributed by atoms with Crippen LogP contribution in [0.5, 0.6) is 0 Å². The average Bonchev–Trinajstić information content (AvgIpc) is 1.95. The lowest BCUT2D eigenvalue weighted by molar-refractivity contribution is -0.135. The van der Waals surface area contributed by atoms with Crippen molar-refractivity contribution >= 4 is 11.6 Å². The van der Waals surface area contributed by atoms with Crippen LogP contribution in [0.15, 0.2) is 0 Å². The van der Waals surface area contributed by atoms with Gasteiger partial charge in [-0.25, -0.2) is 0 Å². The first-order valence-corrected chi connectivity index (χ1v) is 5.19. The molecular formula is C9H17ClF3N. The van der Waals surface area contributed by atoms with Gasteiger partial charge in [-0.05, 0) is 33.2 Å². The lowest BCUT2D eigenvalue weighted by Crippen LogP contribution is -2.29. The molecule has 5 heteroatoms. The van der Waals surface area contributed by atoms with Crippen LogP contribution in [-0.2, 0) is 0 Å². The molecule has 0 aromatic carbocycles.